The van der Waals surface area contributed by atoms with Crippen molar-refractivity contribution >= 4 is 27.5 Å². The summed E-state index contributed by atoms with van der Waals surface area (Å²) >= 11 is 1.40. The summed E-state index contributed by atoms with van der Waals surface area (Å²) in [6, 6.07) is 7.82. The molecule has 0 aliphatic carbocycles. The second-order valence-corrected chi connectivity index (χ2v) is 6.83. The predicted molar refractivity (Wildman–Crippen MR) is 91.2 cm³/mol. The highest BCUT2D eigenvalue weighted by atomic mass is 32.1. The average molecular weight is 358 g/mol. The first-order chi connectivity index (χ1) is 12.2. The van der Waals surface area contributed by atoms with Crippen LogP contribution < -0.4 is 4.74 Å². The molecular formula is C17H15FN4O2S. The summed E-state index contributed by atoms with van der Waals surface area (Å²) in [5, 5.41) is 0.486. The highest BCUT2D eigenvalue weighted by Crippen LogP contribution is 2.24. The number of hydrogen-bond donors (Lipinski definition) is 0. The molecule has 0 spiro atoms. The van der Waals surface area contributed by atoms with Crippen molar-refractivity contribution in [2.45, 2.75) is 18.9 Å². The van der Waals surface area contributed by atoms with Gasteiger partial charge >= 0.3 is 6.01 Å². The van der Waals surface area contributed by atoms with E-state index in [0.717, 1.165) is 35.5 Å². The van der Waals surface area contributed by atoms with Crippen molar-refractivity contribution in [2.24, 2.45) is 0 Å². The number of carbonyl (C=O) groups is 1. The predicted octanol–water partition coefficient (Wildman–Crippen LogP) is 2.91. The van der Waals surface area contributed by atoms with Crippen molar-refractivity contribution in [1.29, 1.82) is 0 Å². The standard InChI is InChI=1S/C17H15FN4O2S/c18-11-8-19-17(20-9-11)24-12-4-3-7-22(10-12)16(23)15-21-13-5-1-2-6-14(13)25-15/h1-2,5-6,8-9,12H,3-4,7,10H2. The minimum absolute atomic E-state index is 0.0884. The Bertz CT molecular complexity index is 866. The van der Waals surface area contributed by atoms with Gasteiger partial charge in [0.25, 0.3) is 5.91 Å². The van der Waals surface area contributed by atoms with E-state index in [-0.39, 0.29) is 18.0 Å². The first kappa shape index (κ1) is 15.9. The Morgan fingerprint density at radius 1 is 1.28 bits per heavy atom. The lowest BCUT2D eigenvalue weighted by Crippen LogP contribution is -2.44. The zero-order chi connectivity index (χ0) is 17.2. The molecule has 0 bridgehead atoms. The number of thiazole rings is 1. The third kappa shape index (κ3) is 3.43. The van der Waals surface area contributed by atoms with Gasteiger partial charge in [-0.25, -0.2) is 19.3 Å². The Hall–Kier alpha value is -2.61. The number of piperidine rings is 1. The van der Waals surface area contributed by atoms with Crippen LogP contribution in [0.1, 0.15) is 22.6 Å². The van der Waals surface area contributed by atoms with Crippen LogP contribution in [0.4, 0.5) is 4.39 Å². The maximum atomic E-state index is 12.9. The number of nitrogens with zero attached hydrogens (tertiary/aromatic N) is 4. The number of hydrogen-bond acceptors (Lipinski definition) is 6. The molecule has 25 heavy (non-hydrogen) atoms. The number of halogens is 1. The van der Waals surface area contributed by atoms with E-state index in [9.17, 15) is 9.18 Å². The Kier molecular flexibility index (Phi) is 4.27. The SMILES string of the molecule is O=C(c1nc2ccccc2s1)N1CCCC(Oc2ncc(F)cn2)C1. The van der Waals surface area contributed by atoms with Crippen molar-refractivity contribution in [3.8, 4) is 6.01 Å². The van der Waals surface area contributed by atoms with Crippen LogP contribution in [0, 0.1) is 5.82 Å². The van der Waals surface area contributed by atoms with Crippen LogP contribution in [0.15, 0.2) is 36.7 Å². The fraction of sp³-hybridized carbons (Fsp3) is 0.294. The van der Waals surface area contributed by atoms with Gasteiger partial charge in [-0.05, 0) is 25.0 Å². The fourth-order valence-electron chi connectivity index (χ4n) is 2.83. The number of rotatable bonds is 3. The quantitative estimate of drug-likeness (QED) is 0.720. The zero-order valence-electron chi connectivity index (χ0n) is 13.3. The Morgan fingerprint density at radius 3 is 2.88 bits per heavy atom. The van der Waals surface area contributed by atoms with E-state index < -0.39 is 5.82 Å². The van der Waals surface area contributed by atoms with Crippen LogP contribution >= 0.6 is 11.3 Å². The third-order valence-corrected chi connectivity index (χ3v) is 5.04. The summed E-state index contributed by atoms with van der Waals surface area (Å²) in [4.78, 5) is 26.5. The third-order valence-electron chi connectivity index (χ3n) is 4.01. The zero-order valence-corrected chi connectivity index (χ0v) is 14.1. The molecule has 128 valence electrons. The van der Waals surface area contributed by atoms with E-state index in [4.69, 9.17) is 4.74 Å². The molecule has 6 nitrogen and oxygen atoms in total. The van der Waals surface area contributed by atoms with E-state index in [2.05, 4.69) is 15.0 Å². The van der Waals surface area contributed by atoms with Crippen LogP contribution in [0.5, 0.6) is 6.01 Å². The van der Waals surface area contributed by atoms with Gasteiger partial charge in [-0.2, -0.15) is 0 Å². The molecule has 1 saturated heterocycles. The number of likely N-dealkylation sites (tertiary alicyclic amines) is 1. The van der Waals surface area contributed by atoms with Gasteiger partial charge in [0.05, 0.1) is 29.2 Å². The fourth-order valence-corrected chi connectivity index (χ4v) is 3.76. The highest BCUT2D eigenvalue weighted by Gasteiger charge is 2.28. The van der Waals surface area contributed by atoms with Crippen molar-refractivity contribution < 1.29 is 13.9 Å². The lowest BCUT2D eigenvalue weighted by atomic mass is 10.1. The van der Waals surface area contributed by atoms with E-state index >= 15 is 0 Å². The number of aromatic nitrogens is 3. The first-order valence-corrected chi connectivity index (χ1v) is 8.80. The van der Waals surface area contributed by atoms with Crippen molar-refractivity contribution in [3.05, 3.63) is 47.5 Å². The number of amides is 1. The molecule has 4 rings (SSSR count). The molecule has 3 aromatic rings. The van der Waals surface area contributed by atoms with E-state index in [0.29, 0.717) is 18.1 Å². The lowest BCUT2D eigenvalue weighted by Gasteiger charge is -2.31. The molecule has 1 aliphatic rings. The second-order valence-electron chi connectivity index (χ2n) is 5.80. The minimum Gasteiger partial charge on any atom is -0.458 e. The normalized spacial score (nSPS) is 17.6. The maximum absolute atomic E-state index is 12.9. The Labute approximate surface area is 147 Å². The van der Waals surface area contributed by atoms with E-state index in [1.54, 1.807) is 4.90 Å². The van der Waals surface area contributed by atoms with Gasteiger partial charge in [-0.1, -0.05) is 12.1 Å². The lowest BCUT2D eigenvalue weighted by molar-refractivity contribution is 0.0515. The molecule has 1 aromatic carbocycles. The van der Waals surface area contributed by atoms with Crippen molar-refractivity contribution in [1.82, 2.24) is 19.9 Å². The molecule has 8 heteroatoms. The van der Waals surface area contributed by atoms with Crippen molar-refractivity contribution in [2.75, 3.05) is 13.1 Å². The molecule has 0 N–H and O–H groups in total. The minimum atomic E-state index is -0.511. The molecule has 1 aliphatic heterocycles. The number of carbonyl (C=O) groups excluding carboxylic acids is 1. The molecule has 2 aromatic heterocycles. The average Bonchev–Trinajstić information content (AvgIpc) is 3.07. The number of para-hydroxylation sites is 1. The van der Waals surface area contributed by atoms with Gasteiger partial charge in [-0.15, -0.1) is 11.3 Å². The highest BCUT2D eigenvalue weighted by molar-refractivity contribution is 7.20. The number of benzene rings is 1. The van der Waals surface area contributed by atoms with Crippen molar-refractivity contribution in [3.63, 3.8) is 0 Å². The monoisotopic (exact) mass is 358 g/mol. The Balaban J connectivity index is 1.46. The summed E-state index contributed by atoms with van der Waals surface area (Å²) in [7, 11) is 0. The molecule has 0 radical (unpaired) electrons. The van der Waals surface area contributed by atoms with Crippen LogP contribution in [0.2, 0.25) is 0 Å². The second kappa shape index (κ2) is 6.72. The van der Waals surface area contributed by atoms with Gasteiger partial charge in [0.1, 0.15) is 6.10 Å². The van der Waals surface area contributed by atoms with E-state index in [1.807, 2.05) is 24.3 Å². The maximum Gasteiger partial charge on any atom is 0.316 e. The van der Waals surface area contributed by atoms with Gasteiger partial charge in [0.15, 0.2) is 10.8 Å². The van der Waals surface area contributed by atoms with Gasteiger partial charge in [-0.3, -0.25) is 4.79 Å². The van der Waals surface area contributed by atoms with Crippen LogP contribution in [0.25, 0.3) is 10.2 Å². The summed E-state index contributed by atoms with van der Waals surface area (Å²) < 4.78 is 19.6. The summed E-state index contributed by atoms with van der Waals surface area (Å²) in [5.41, 5.74) is 0.834. The largest absolute Gasteiger partial charge is 0.458 e. The molecule has 1 unspecified atom stereocenters. The van der Waals surface area contributed by atoms with Gasteiger partial charge in [0.2, 0.25) is 0 Å². The molecule has 3 heterocycles. The van der Waals surface area contributed by atoms with E-state index in [1.165, 1.54) is 11.3 Å². The van der Waals surface area contributed by atoms with Gasteiger partial charge in [0, 0.05) is 6.54 Å². The van der Waals surface area contributed by atoms with Crippen LogP contribution in [-0.4, -0.2) is 45.0 Å². The molecular weight excluding hydrogens is 343 g/mol. The Morgan fingerprint density at radius 2 is 2.08 bits per heavy atom. The van der Waals surface area contributed by atoms with Crippen LogP contribution in [0.3, 0.4) is 0 Å². The molecule has 1 atom stereocenters. The summed E-state index contributed by atoms with van der Waals surface area (Å²) in [5.74, 6) is -0.599. The topological polar surface area (TPSA) is 68.2 Å². The van der Waals surface area contributed by atoms with Crippen LogP contribution in [-0.2, 0) is 0 Å². The first-order valence-electron chi connectivity index (χ1n) is 7.98. The summed E-state index contributed by atoms with van der Waals surface area (Å²) in [6.07, 6.45) is 3.54. The number of fused-ring (bicyclic) bond motifs is 1. The molecule has 1 amide bonds. The van der Waals surface area contributed by atoms with Gasteiger partial charge < -0.3 is 9.64 Å². The smallest absolute Gasteiger partial charge is 0.316 e. The summed E-state index contributed by atoms with van der Waals surface area (Å²) in [6.45, 7) is 1.11. The molecule has 1 fully saturated rings. The molecule has 0 saturated carbocycles. The number of ether oxygens (including phenoxy) is 1.